The summed E-state index contributed by atoms with van der Waals surface area (Å²) in [5.41, 5.74) is -1.24. The Morgan fingerprint density at radius 2 is 1.05 bits per heavy atom. The second-order valence-electron chi connectivity index (χ2n) is 11.1. The fourth-order valence-corrected chi connectivity index (χ4v) is 4.82. The molecule has 0 spiro atoms. The highest BCUT2D eigenvalue weighted by Crippen LogP contribution is 2.34. The van der Waals surface area contributed by atoms with Gasteiger partial charge in [-0.15, -0.1) is 0 Å². The fourth-order valence-electron chi connectivity index (χ4n) is 4.82. The van der Waals surface area contributed by atoms with Crippen molar-refractivity contribution in [3.05, 3.63) is 58.7 Å². The van der Waals surface area contributed by atoms with Crippen LogP contribution in [0.5, 0.6) is 11.5 Å². The lowest BCUT2D eigenvalue weighted by atomic mass is 9.88. The van der Waals surface area contributed by atoms with Crippen molar-refractivity contribution in [2.45, 2.75) is 88.1 Å². The van der Waals surface area contributed by atoms with Crippen LogP contribution >= 0.6 is 0 Å². The molecule has 0 aliphatic carbocycles. The third kappa shape index (κ3) is 6.27. The lowest BCUT2D eigenvalue weighted by Gasteiger charge is -2.45. The molecule has 2 aliphatic rings. The first kappa shape index (κ1) is 32.1. The van der Waals surface area contributed by atoms with E-state index in [2.05, 4.69) is 11.8 Å². The minimum atomic E-state index is -1.94. The molecule has 230 valence electrons. The summed E-state index contributed by atoms with van der Waals surface area (Å²) in [6.45, 7) is 4.95. The number of hydrogen-bond acceptors (Lipinski definition) is 12. The minimum Gasteiger partial charge on any atom is -0.461 e. The molecule has 2 heterocycles. The van der Waals surface area contributed by atoms with E-state index in [4.69, 9.17) is 18.9 Å². The smallest absolute Gasteiger partial charge is 0.231 e. The minimum absolute atomic E-state index is 0.352. The predicted molar refractivity (Wildman–Crippen MR) is 146 cm³/mol. The van der Waals surface area contributed by atoms with Gasteiger partial charge in [0.2, 0.25) is 12.6 Å². The summed E-state index contributed by atoms with van der Waals surface area (Å²) in [7, 11) is 0. The summed E-state index contributed by atoms with van der Waals surface area (Å²) in [6.07, 6.45) is -11.1. The Hall–Kier alpha value is -2.80. The highest BCUT2D eigenvalue weighted by Gasteiger charge is 2.54. The second kappa shape index (κ2) is 12.4. The maximum absolute atomic E-state index is 10.7. The van der Waals surface area contributed by atoms with Gasteiger partial charge in [-0.05, 0) is 75.2 Å². The largest absolute Gasteiger partial charge is 0.461 e. The van der Waals surface area contributed by atoms with Gasteiger partial charge in [0.25, 0.3) is 0 Å². The van der Waals surface area contributed by atoms with Crippen LogP contribution in [0.25, 0.3) is 0 Å². The first-order chi connectivity index (χ1) is 19.7. The zero-order valence-corrected chi connectivity index (χ0v) is 23.7. The molecule has 2 aromatic rings. The van der Waals surface area contributed by atoms with Gasteiger partial charge in [0.1, 0.15) is 48.1 Å². The van der Waals surface area contributed by atoms with Crippen molar-refractivity contribution < 1.29 is 59.8 Å². The number of aliphatic hydroxyl groups excluding tert-OH is 6. The number of hydrogen-bond donors (Lipinski definition) is 8. The van der Waals surface area contributed by atoms with E-state index in [1.54, 1.807) is 50.2 Å². The molecule has 0 radical (unpaired) electrons. The molecule has 8 N–H and O–H groups in total. The van der Waals surface area contributed by atoms with Gasteiger partial charge < -0.3 is 59.8 Å². The Balaban J connectivity index is 1.46. The summed E-state index contributed by atoms with van der Waals surface area (Å²) in [5.74, 6) is 6.82. The quantitative estimate of drug-likeness (QED) is 0.188. The van der Waals surface area contributed by atoms with E-state index in [-0.39, 0.29) is 0 Å². The summed E-state index contributed by atoms with van der Waals surface area (Å²) in [6, 6.07) is 10.2. The van der Waals surface area contributed by atoms with E-state index in [9.17, 15) is 40.9 Å². The molecule has 0 amide bonds. The second-order valence-corrected chi connectivity index (χ2v) is 11.1. The lowest BCUT2D eigenvalue weighted by molar-refractivity contribution is -0.315. The monoisotopic (exact) mass is 590 g/mol. The molecule has 2 aliphatic heterocycles. The average Bonchev–Trinajstić information content (AvgIpc) is 2.95. The Morgan fingerprint density at radius 1 is 0.690 bits per heavy atom. The zero-order valence-electron chi connectivity index (χ0n) is 23.7. The van der Waals surface area contributed by atoms with Crippen molar-refractivity contribution in [3.8, 4) is 23.3 Å². The molecule has 0 bridgehead atoms. The van der Waals surface area contributed by atoms with E-state index in [0.717, 1.165) is 0 Å². The normalized spacial score (nSPS) is 36.6. The molecule has 2 aromatic carbocycles. The number of benzene rings is 2. The first-order valence-corrected chi connectivity index (χ1v) is 13.5. The Bertz CT molecular complexity index is 1220. The van der Waals surface area contributed by atoms with Crippen molar-refractivity contribution in [1.82, 2.24) is 0 Å². The topological polar surface area (TPSA) is 199 Å². The molecule has 2 saturated heterocycles. The van der Waals surface area contributed by atoms with E-state index >= 15 is 0 Å². The molecule has 0 saturated carbocycles. The average molecular weight is 591 g/mol. The number of aryl methyl sites for hydroxylation is 2. The van der Waals surface area contributed by atoms with E-state index < -0.39 is 73.6 Å². The molecule has 0 aromatic heterocycles. The van der Waals surface area contributed by atoms with Gasteiger partial charge in [-0.2, -0.15) is 0 Å². The molecular weight excluding hydrogens is 552 g/mol. The molecular formula is C30H38O12. The van der Waals surface area contributed by atoms with E-state index in [1.165, 1.54) is 13.8 Å². The summed E-state index contributed by atoms with van der Waals surface area (Å²) in [4.78, 5) is 0. The van der Waals surface area contributed by atoms with Gasteiger partial charge in [-0.25, -0.2) is 0 Å². The summed E-state index contributed by atoms with van der Waals surface area (Å²) >= 11 is 0. The van der Waals surface area contributed by atoms with Crippen LogP contribution in [0, 0.1) is 25.7 Å². The maximum Gasteiger partial charge on any atom is 0.231 e. The van der Waals surface area contributed by atoms with Crippen molar-refractivity contribution in [1.29, 1.82) is 0 Å². The zero-order chi connectivity index (χ0) is 31.0. The predicted octanol–water partition coefficient (Wildman–Crippen LogP) is -1.16. The summed E-state index contributed by atoms with van der Waals surface area (Å²) < 4.78 is 22.6. The molecule has 12 heteroatoms. The van der Waals surface area contributed by atoms with Gasteiger partial charge in [0, 0.05) is 11.1 Å². The third-order valence-electron chi connectivity index (χ3n) is 7.69. The number of rotatable bonds is 6. The Labute approximate surface area is 243 Å². The molecule has 4 rings (SSSR count). The Morgan fingerprint density at radius 3 is 1.36 bits per heavy atom. The number of aliphatic hydroxyl groups is 8. The van der Waals surface area contributed by atoms with Gasteiger partial charge in [0.05, 0.1) is 13.2 Å². The van der Waals surface area contributed by atoms with Crippen LogP contribution in [0.1, 0.15) is 36.1 Å². The van der Waals surface area contributed by atoms with Crippen LogP contribution in [0.15, 0.2) is 36.4 Å². The highest BCUT2D eigenvalue weighted by atomic mass is 16.7. The van der Waals surface area contributed by atoms with Crippen molar-refractivity contribution in [2.24, 2.45) is 0 Å². The van der Waals surface area contributed by atoms with Gasteiger partial charge in [-0.1, -0.05) is 11.8 Å². The molecule has 2 fully saturated rings. The van der Waals surface area contributed by atoms with Crippen LogP contribution in [0.3, 0.4) is 0 Å². The Kier molecular flexibility index (Phi) is 9.51. The van der Waals surface area contributed by atoms with Crippen LogP contribution in [0.4, 0.5) is 0 Å². The number of ether oxygens (including phenoxy) is 4. The van der Waals surface area contributed by atoms with Crippen LogP contribution in [-0.2, 0) is 9.47 Å². The van der Waals surface area contributed by atoms with Crippen LogP contribution in [0.2, 0.25) is 0 Å². The van der Waals surface area contributed by atoms with Gasteiger partial charge in [-0.3, -0.25) is 0 Å². The highest BCUT2D eigenvalue weighted by molar-refractivity contribution is 5.49. The molecule has 10 unspecified atom stereocenters. The van der Waals surface area contributed by atoms with E-state index in [0.29, 0.717) is 33.8 Å². The van der Waals surface area contributed by atoms with Crippen LogP contribution in [-0.4, -0.2) is 114 Å². The molecule has 12 nitrogen and oxygen atoms in total. The van der Waals surface area contributed by atoms with Crippen LogP contribution < -0.4 is 9.47 Å². The summed E-state index contributed by atoms with van der Waals surface area (Å²) in [5, 5.41) is 80.9. The van der Waals surface area contributed by atoms with Gasteiger partial charge in [0.15, 0.2) is 11.2 Å². The maximum atomic E-state index is 10.7. The third-order valence-corrected chi connectivity index (χ3v) is 7.69. The SMILES string of the molecule is Cc1cc(C#Cc2ccc(OC3OC(CO)C(O)C(O)C3(C)O)c(C)c2)ccc1OC1OC(CO)C(O)C(O)C1(C)O. The fraction of sp³-hybridized carbons (Fsp3) is 0.533. The van der Waals surface area contributed by atoms with Gasteiger partial charge >= 0.3 is 0 Å². The van der Waals surface area contributed by atoms with Crippen molar-refractivity contribution in [2.75, 3.05) is 13.2 Å². The standard InChI is InChI=1S/C30H38O12/c1-15-11-17(7-9-19(15)39-27-29(3,37)25(35)23(33)21(13-31)41-27)5-6-18-8-10-20(16(2)12-18)40-28-30(4,38)26(36)24(34)22(14-32)42-28/h7-12,21-28,31-38H,13-14H2,1-4H3. The lowest BCUT2D eigenvalue weighted by Crippen LogP contribution is -2.66. The molecule has 10 atom stereocenters. The van der Waals surface area contributed by atoms with Crippen molar-refractivity contribution in [3.63, 3.8) is 0 Å². The molecule has 42 heavy (non-hydrogen) atoms. The van der Waals surface area contributed by atoms with Crippen molar-refractivity contribution >= 4 is 0 Å². The first-order valence-electron chi connectivity index (χ1n) is 13.5. The van der Waals surface area contributed by atoms with E-state index in [1.807, 2.05) is 0 Å².